The Kier molecular flexibility index (Phi) is 21.4. The fourth-order valence-corrected chi connectivity index (χ4v) is 5.30. The number of amidine groups is 2. The number of ether oxygens (including phenoxy) is 5. The zero-order valence-electron chi connectivity index (χ0n) is 31.9. The van der Waals surface area contributed by atoms with E-state index < -0.39 is 11.9 Å². The Morgan fingerprint density at radius 2 is 1.58 bits per heavy atom. The molecule has 0 atom stereocenters. The van der Waals surface area contributed by atoms with Crippen LogP contribution in [0.1, 0.15) is 79.4 Å². The second-order valence-electron chi connectivity index (χ2n) is 12.8. The Hall–Kier alpha value is -5.12. The van der Waals surface area contributed by atoms with Crippen molar-refractivity contribution in [2.75, 3.05) is 71.8 Å². The number of hydrogen-bond acceptors (Lipinski definition) is 12. The molecule has 6 N–H and O–H groups in total. The first-order valence-corrected chi connectivity index (χ1v) is 18.9. The van der Waals surface area contributed by atoms with Crippen molar-refractivity contribution in [2.24, 2.45) is 5.73 Å². The molecule has 0 saturated carbocycles. The number of nitrogens with zero attached hydrogens (tertiary/aromatic N) is 3. The van der Waals surface area contributed by atoms with Crippen LogP contribution >= 0.6 is 0 Å². The number of unbranched alkanes of at least 4 members (excludes halogenated alkanes) is 5. The number of nitrogens with one attached hydrogen (secondary N) is 3. The smallest absolute Gasteiger partial charge is 0.303 e. The van der Waals surface area contributed by atoms with Gasteiger partial charge in [-0.05, 0) is 93.0 Å². The van der Waals surface area contributed by atoms with Crippen LogP contribution in [0.25, 0.3) is 0 Å². The van der Waals surface area contributed by atoms with Gasteiger partial charge in [0, 0.05) is 44.1 Å². The molecule has 2 heterocycles. The van der Waals surface area contributed by atoms with Crippen molar-refractivity contribution in [1.82, 2.24) is 14.9 Å². The number of anilines is 1. The van der Waals surface area contributed by atoms with Crippen LogP contribution in [0.5, 0.6) is 11.5 Å². The van der Waals surface area contributed by atoms with Gasteiger partial charge in [0.05, 0.1) is 46.2 Å². The number of fused-ring (bicyclic) bond motifs is 1. The first kappa shape index (κ1) is 44.3. The van der Waals surface area contributed by atoms with Crippen molar-refractivity contribution < 1.29 is 38.4 Å². The quantitative estimate of drug-likeness (QED) is 0.0407. The number of hydrogen-bond donors (Lipinski definition) is 5. The van der Waals surface area contributed by atoms with Gasteiger partial charge < -0.3 is 44.7 Å². The van der Waals surface area contributed by atoms with E-state index in [0.29, 0.717) is 56.4 Å². The summed E-state index contributed by atoms with van der Waals surface area (Å²) in [4.78, 5) is 30.7. The third-order valence-corrected chi connectivity index (χ3v) is 8.43. The number of carbonyl (C=O) groups excluding carboxylic acids is 1. The molecule has 2 aromatic carbocycles. The summed E-state index contributed by atoms with van der Waals surface area (Å²) in [5.41, 5.74) is 7.99. The van der Waals surface area contributed by atoms with Gasteiger partial charge in [0.25, 0.3) is 0 Å². The molecular weight excluding hydrogens is 706 g/mol. The Morgan fingerprint density at radius 1 is 0.891 bits per heavy atom. The van der Waals surface area contributed by atoms with E-state index in [0.717, 1.165) is 82.7 Å². The molecule has 0 radical (unpaired) electrons. The lowest BCUT2D eigenvalue weighted by atomic mass is 10.1. The summed E-state index contributed by atoms with van der Waals surface area (Å²) in [5.74, 6) is 0.987. The molecule has 0 fully saturated rings. The van der Waals surface area contributed by atoms with E-state index in [4.69, 9.17) is 45.3 Å². The lowest BCUT2D eigenvalue weighted by molar-refractivity contribution is -0.137. The van der Waals surface area contributed by atoms with E-state index in [-0.39, 0.29) is 24.6 Å². The van der Waals surface area contributed by atoms with Crippen LogP contribution in [0.2, 0.25) is 0 Å². The normalized spacial score (nSPS) is 11.7. The van der Waals surface area contributed by atoms with E-state index >= 15 is 0 Å². The number of rotatable bonds is 25. The fourth-order valence-electron chi connectivity index (χ4n) is 5.30. The van der Waals surface area contributed by atoms with Crippen molar-refractivity contribution in [3.05, 3.63) is 77.9 Å². The SMILES string of the molecule is CN(C(=N)CNc1cccc(C(N)=O)c1)C(=N)c1ccncn1.O=C(O)CCCCCOCCOCCOCCCCCCOc1ccc2c(c1)CCCO2. The standard InChI is InChI=1S/C25H40O7.C15H17N7O/c26-25(27)10-4-3-6-14-29-18-20-30-19-17-28-13-5-1-2-7-15-31-23-11-12-24-22(21-23)9-8-16-32-24;1-22(14(17)12-5-6-19-9-21-12)13(16)8-20-11-4-2-3-10(7-11)15(18)23/h11-12,21H,1-10,13-20H2,(H,26,27);2-7,9,16-17,20H,8H2,1H3,(H2,18,23). The van der Waals surface area contributed by atoms with E-state index in [9.17, 15) is 9.59 Å². The van der Waals surface area contributed by atoms with E-state index in [1.165, 1.54) is 16.8 Å². The predicted molar refractivity (Wildman–Crippen MR) is 211 cm³/mol. The van der Waals surface area contributed by atoms with Gasteiger partial charge in [0.1, 0.15) is 29.4 Å². The zero-order valence-corrected chi connectivity index (χ0v) is 31.9. The maximum atomic E-state index is 11.1. The second kappa shape index (κ2) is 26.6. The molecular formula is C40H57N7O8. The third-order valence-electron chi connectivity index (χ3n) is 8.43. The number of carbonyl (C=O) groups is 2. The number of aryl methyl sites for hydroxylation is 1. The zero-order chi connectivity index (χ0) is 39.5. The number of aromatic nitrogens is 2. The van der Waals surface area contributed by atoms with Crippen molar-refractivity contribution in [3.63, 3.8) is 0 Å². The van der Waals surface area contributed by atoms with Gasteiger partial charge in [-0.25, -0.2) is 9.97 Å². The van der Waals surface area contributed by atoms with Crippen molar-refractivity contribution in [1.29, 1.82) is 10.8 Å². The van der Waals surface area contributed by atoms with Crippen LogP contribution in [0.15, 0.2) is 61.1 Å². The predicted octanol–water partition coefficient (Wildman–Crippen LogP) is 5.57. The van der Waals surface area contributed by atoms with Crippen LogP contribution in [-0.2, 0) is 25.4 Å². The molecule has 0 bridgehead atoms. The van der Waals surface area contributed by atoms with E-state index in [1.54, 1.807) is 43.6 Å². The minimum absolute atomic E-state index is 0.102. The first-order valence-electron chi connectivity index (χ1n) is 18.9. The van der Waals surface area contributed by atoms with Crippen LogP contribution in [0.3, 0.4) is 0 Å². The molecule has 55 heavy (non-hydrogen) atoms. The highest BCUT2D eigenvalue weighted by molar-refractivity contribution is 6.06. The summed E-state index contributed by atoms with van der Waals surface area (Å²) in [6.45, 7) is 5.51. The molecule has 1 aliphatic rings. The number of aliphatic carboxylic acids is 1. The molecule has 0 spiro atoms. The molecule has 3 aromatic rings. The minimum Gasteiger partial charge on any atom is -0.494 e. The van der Waals surface area contributed by atoms with Gasteiger partial charge in [-0.15, -0.1) is 0 Å². The number of likely N-dealkylation sites (N-methyl/N-ethyl adjacent to an activating group) is 1. The lowest BCUT2D eigenvalue weighted by Crippen LogP contribution is -2.37. The van der Waals surface area contributed by atoms with Gasteiger partial charge in [-0.3, -0.25) is 20.4 Å². The fraction of sp³-hybridized carbons (Fsp3) is 0.500. The van der Waals surface area contributed by atoms with Gasteiger partial charge in [-0.2, -0.15) is 0 Å². The monoisotopic (exact) mass is 763 g/mol. The molecule has 300 valence electrons. The molecule has 15 heteroatoms. The molecule has 4 rings (SSSR count). The van der Waals surface area contributed by atoms with Crippen LogP contribution < -0.4 is 20.5 Å². The van der Waals surface area contributed by atoms with Gasteiger partial charge in [0.2, 0.25) is 5.91 Å². The number of carboxylic acids is 1. The van der Waals surface area contributed by atoms with Crippen molar-refractivity contribution in [3.8, 4) is 11.5 Å². The Bertz CT molecular complexity index is 1590. The molecule has 1 aliphatic heterocycles. The Balaban J connectivity index is 0.000000311. The maximum absolute atomic E-state index is 11.1. The van der Waals surface area contributed by atoms with Crippen molar-refractivity contribution >= 4 is 29.2 Å². The van der Waals surface area contributed by atoms with Crippen LogP contribution in [-0.4, -0.2) is 110 Å². The van der Waals surface area contributed by atoms with Crippen molar-refractivity contribution in [2.45, 2.75) is 64.2 Å². The lowest BCUT2D eigenvalue weighted by Gasteiger charge is -2.20. The van der Waals surface area contributed by atoms with Gasteiger partial charge in [0.15, 0.2) is 5.84 Å². The minimum atomic E-state index is -0.732. The Morgan fingerprint density at radius 3 is 2.25 bits per heavy atom. The molecule has 15 nitrogen and oxygen atoms in total. The summed E-state index contributed by atoms with van der Waals surface area (Å²) >= 11 is 0. The first-order chi connectivity index (χ1) is 26.7. The number of amides is 1. The number of nitrogens with two attached hydrogens (primary N) is 1. The van der Waals surface area contributed by atoms with E-state index in [1.807, 2.05) is 12.1 Å². The summed E-state index contributed by atoms with van der Waals surface area (Å²) in [6, 6.07) is 14.5. The molecule has 0 unspecified atom stereocenters. The second-order valence-corrected chi connectivity index (χ2v) is 12.8. The largest absolute Gasteiger partial charge is 0.494 e. The highest BCUT2D eigenvalue weighted by atomic mass is 16.5. The highest BCUT2D eigenvalue weighted by Gasteiger charge is 2.14. The summed E-state index contributed by atoms with van der Waals surface area (Å²) in [5, 5.41) is 27.7. The maximum Gasteiger partial charge on any atom is 0.303 e. The average Bonchev–Trinajstić information content (AvgIpc) is 3.20. The van der Waals surface area contributed by atoms with Gasteiger partial charge in [-0.1, -0.05) is 18.9 Å². The third kappa shape index (κ3) is 18.7. The van der Waals surface area contributed by atoms with Crippen LogP contribution in [0, 0.1) is 10.8 Å². The highest BCUT2D eigenvalue weighted by Crippen LogP contribution is 2.28. The van der Waals surface area contributed by atoms with Crippen LogP contribution in [0.4, 0.5) is 5.69 Å². The van der Waals surface area contributed by atoms with Gasteiger partial charge >= 0.3 is 5.97 Å². The molecule has 0 aliphatic carbocycles. The number of benzene rings is 2. The molecule has 0 saturated heterocycles. The average molecular weight is 764 g/mol. The number of carboxylic acid groups (broad SMARTS) is 1. The Labute approximate surface area is 323 Å². The summed E-state index contributed by atoms with van der Waals surface area (Å²) < 4.78 is 28.0. The number of primary amides is 1. The topological polar surface area (TPSA) is 215 Å². The summed E-state index contributed by atoms with van der Waals surface area (Å²) in [6.07, 6.45) is 12.2. The summed E-state index contributed by atoms with van der Waals surface area (Å²) in [7, 11) is 1.62. The molecule has 1 amide bonds. The molecule has 1 aromatic heterocycles. The van der Waals surface area contributed by atoms with E-state index in [2.05, 4.69) is 21.4 Å².